The average molecular weight is 344 g/mol. The largest absolute Gasteiger partial charge is 0.497 e. The maximum atomic E-state index is 10.0. The van der Waals surface area contributed by atoms with Crippen LogP contribution in [0.3, 0.4) is 0 Å². The second-order valence-electron chi connectivity index (χ2n) is 5.77. The summed E-state index contributed by atoms with van der Waals surface area (Å²) in [6.45, 7) is 0.964. The second kappa shape index (κ2) is 8.21. The Labute approximate surface area is 139 Å². The minimum absolute atomic E-state index is 0.549. The molecule has 24 heavy (non-hydrogen) atoms. The number of aliphatic hydroxyl groups excluding tert-OH is 5. The van der Waals surface area contributed by atoms with Crippen molar-refractivity contribution in [3.63, 3.8) is 0 Å². The molecular formula is C16H24O8. The smallest absolute Gasteiger partial charge is 0.187 e. The Hall–Kier alpha value is -1.26. The van der Waals surface area contributed by atoms with Crippen LogP contribution in [-0.4, -0.2) is 76.1 Å². The summed E-state index contributed by atoms with van der Waals surface area (Å²) in [5.41, 5.74) is 0.614. The van der Waals surface area contributed by atoms with Crippen molar-refractivity contribution in [3.05, 3.63) is 29.8 Å². The van der Waals surface area contributed by atoms with E-state index in [1.807, 2.05) is 0 Å². The maximum Gasteiger partial charge on any atom is 0.187 e. The second-order valence-corrected chi connectivity index (χ2v) is 5.77. The van der Waals surface area contributed by atoms with Crippen molar-refractivity contribution >= 4 is 0 Å². The summed E-state index contributed by atoms with van der Waals surface area (Å²) >= 11 is 0. The van der Waals surface area contributed by atoms with Crippen LogP contribution in [0.2, 0.25) is 0 Å². The van der Waals surface area contributed by atoms with Crippen molar-refractivity contribution in [3.8, 4) is 5.75 Å². The highest BCUT2D eigenvalue weighted by molar-refractivity contribution is 5.29. The highest BCUT2D eigenvalue weighted by Crippen LogP contribution is 2.30. The van der Waals surface area contributed by atoms with Gasteiger partial charge in [0.15, 0.2) is 6.29 Å². The van der Waals surface area contributed by atoms with Crippen LogP contribution in [-0.2, 0) is 9.47 Å². The molecule has 0 amide bonds. The Morgan fingerprint density at radius 3 is 2.21 bits per heavy atom. The number of hydrogen-bond acceptors (Lipinski definition) is 8. The molecule has 0 aromatic heterocycles. The molecule has 0 unspecified atom stereocenters. The first kappa shape index (κ1) is 19.1. The fraction of sp³-hybridized carbons (Fsp3) is 0.625. The van der Waals surface area contributed by atoms with Gasteiger partial charge in [0.05, 0.1) is 19.8 Å². The molecular weight excluding hydrogens is 320 g/mol. The zero-order valence-electron chi connectivity index (χ0n) is 13.5. The molecule has 1 saturated heterocycles. The lowest BCUT2D eigenvalue weighted by atomic mass is 9.99. The molecule has 8 heteroatoms. The maximum absolute atomic E-state index is 10.0. The van der Waals surface area contributed by atoms with Crippen LogP contribution in [0.1, 0.15) is 18.6 Å². The Balaban J connectivity index is 2.17. The quantitative estimate of drug-likeness (QED) is 0.441. The van der Waals surface area contributed by atoms with Crippen molar-refractivity contribution in [1.82, 2.24) is 0 Å². The van der Waals surface area contributed by atoms with E-state index in [9.17, 15) is 25.5 Å². The topological polar surface area (TPSA) is 129 Å². The molecule has 0 spiro atoms. The van der Waals surface area contributed by atoms with E-state index in [-0.39, 0.29) is 0 Å². The highest BCUT2D eigenvalue weighted by Gasteiger charge is 2.45. The van der Waals surface area contributed by atoms with Gasteiger partial charge < -0.3 is 39.7 Å². The van der Waals surface area contributed by atoms with Crippen LogP contribution in [0, 0.1) is 0 Å². The number of methoxy groups -OCH3 is 1. The molecule has 5 N–H and O–H groups in total. The third kappa shape index (κ3) is 4.04. The number of aliphatic hydroxyl groups is 5. The van der Waals surface area contributed by atoms with Crippen molar-refractivity contribution in [2.45, 2.75) is 49.8 Å². The predicted octanol–water partition coefficient (Wildman–Crippen LogP) is -1.07. The van der Waals surface area contributed by atoms with Gasteiger partial charge in [0, 0.05) is 0 Å². The monoisotopic (exact) mass is 344 g/mol. The lowest BCUT2D eigenvalue weighted by molar-refractivity contribution is -0.317. The molecule has 0 radical (unpaired) electrons. The zero-order valence-corrected chi connectivity index (χ0v) is 13.5. The lowest BCUT2D eigenvalue weighted by Crippen LogP contribution is -2.59. The number of ether oxygens (including phenoxy) is 3. The van der Waals surface area contributed by atoms with Gasteiger partial charge in [-0.25, -0.2) is 0 Å². The summed E-state index contributed by atoms with van der Waals surface area (Å²) < 4.78 is 16.0. The fourth-order valence-electron chi connectivity index (χ4n) is 2.59. The van der Waals surface area contributed by atoms with Gasteiger partial charge >= 0.3 is 0 Å². The first-order valence-electron chi connectivity index (χ1n) is 7.67. The van der Waals surface area contributed by atoms with Gasteiger partial charge in [-0.15, -0.1) is 0 Å². The summed E-state index contributed by atoms with van der Waals surface area (Å²) in [4.78, 5) is 0. The van der Waals surface area contributed by atoms with E-state index in [1.165, 1.54) is 14.0 Å². The molecule has 0 saturated carbocycles. The Morgan fingerprint density at radius 1 is 1.08 bits per heavy atom. The van der Waals surface area contributed by atoms with Gasteiger partial charge in [0.1, 0.15) is 36.3 Å². The van der Waals surface area contributed by atoms with Crippen LogP contribution in [0.25, 0.3) is 0 Å². The first-order chi connectivity index (χ1) is 11.4. The third-order valence-corrected chi connectivity index (χ3v) is 4.01. The van der Waals surface area contributed by atoms with Crippen molar-refractivity contribution in [2.24, 2.45) is 0 Å². The van der Waals surface area contributed by atoms with Crippen LogP contribution in [0.4, 0.5) is 0 Å². The van der Waals surface area contributed by atoms with Gasteiger partial charge in [-0.2, -0.15) is 0 Å². The SMILES string of the molecule is COc1ccc([C@@H](O[C@H]2O[C@@H](CO)[C@@H](O)[C@@H](O)[C@@H]2O)[C@@H](C)O)cc1. The molecule has 1 aliphatic rings. The first-order valence-corrected chi connectivity index (χ1v) is 7.67. The van der Waals surface area contributed by atoms with Gasteiger partial charge in [-0.05, 0) is 24.6 Å². The van der Waals surface area contributed by atoms with E-state index in [4.69, 9.17) is 14.2 Å². The van der Waals surface area contributed by atoms with Crippen molar-refractivity contribution in [1.29, 1.82) is 0 Å². The van der Waals surface area contributed by atoms with E-state index >= 15 is 0 Å². The predicted molar refractivity (Wildman–Crippen MR) is 82.3 cm³/mol. The lowest BCUT2D eigenvalue weighted by Gasteiger charge is -2.41. The molecule has 2 rings (SSSR count). The number of rotatable bonds is 6. The van der Waals surface area contributed by atoms with E-state index in [0.29, 0.717) is 11.3 Å². The fourth-order valence-corrected chi connectivity index (χ4v) is 2.59. The van der Waals surface area contributed by atoms with Crippen LogP contribution < -0.4 is 4.74 Å². The van der Waals surface area contributed by atoms with Crippen LogP contribution >= 0.6 is 0 Å². The van der Waals surface area contributed by atoms with E-state index in [1.54, 1.807) is 24.3 Å². The van der Waals surface area contributed by atoms with E-state index in [0.717, 1.165) is 0 Å². The van der Waals surface area contributed by atoms with Gasteiger partial charge in [0.2, 0.25) is 0 Å². The molecule has 1 heterocycles. The Bertz CT molecular complexity index is 503. The number of hydrogen-bond donors (Lipinski definition) is 5. The minimum atomic E-state index is -1.54. The molecule has 0 bridgehead atoms. The molecule has 0 aliphatic carbocycles. The summed E-state index contributed by atoms with van der Waals surface area (Å²) in [5.74, 6) is 0.635. The summed E-state index contributed by atoms with van der Waals surface area (Å²) in [5, 5.41) is 48.8. The third-order valence-electron chi connectivity index (χ3n) is 4.01. The molecule has 136 valence electrons. The van der Waals surface area contributed by atoms with E-state index < -0.39 is 49.5 Å². The molecule has 1 aromatic rings. The summed E-state index contributed by atoms with van der Waals surface area (Å²) in [6, 6.07) is 6.78. The molecule has 1 fully saturated rings. The summed E-state index contributed by atoms with van der Waals surface area (Å²) in [6.07, 6.45) is -8.70. The summed E-state index contributed by atoms with van der Waals surface area (Å²) in [7, 11) is 1.53. The number of benzene rings is 1. The molecule has 8 nitrogen and oxygen atoms in total. The Kier molecular flexibility index (Phi) is 6.53. The minimum Gasteiger partial charge on any atom is -0.497 e. The van der Waals surface area contributed by atoms with E-state index in [2.05, 4.69) is 0 Å². The van der Waals surface area contributed by atoms with Crippen molar-refractivity contribution < 1.29 is 39.7 Å². The highest BCUT2D eigenvalue weighted by atomic mass is 16.7. The van der Waals surface area contributed by atoms with Crippen LogP contribution in [0.5, 0.6) is 5.75 Å². The molecule has 1 aliphatic heterocycles. The van der Waals surface area contributed by atoms with Gasteiger partial charge in [0.25, 0.3) is 0 Å². The van der Waals surface area contributed by atoms with Gasteiger partial charge in [-0.1, -0.05) is 12.1 Å². The molecule has 7 atom stereocenters. The normalized spacial score (nSPS) is 33.0. The average Bonchev–Trinajstić information content (AvgIpc) is 2.59. The zero-order chi connectivity index (χ0) is 17.9. The standard InChI is InChI=1S/C16H24O8/c1-8(18)15(9-3-5-10(22-2)6-4-9)24-16-14(21)13(20)12(19)11(7-17)23-16/h3-6,8,11-21H,7H2,1-2H3/t8-,11+,12-,13-,14+,15+,16-/m1/s1. The van der Waals surface area contributed by atoms with Crippen LogP contribution in [0.15, 0.2) is 24.3 Å². The van der Waals surface area contributed by atoms with Gasteiger partial charge in [-0.3, -0.25) is 0 Å². The molecule has 1 aromatic carbocycles. The Morgan fingerprint density at radius 2 is 1.71 bits per heavy atom. The van der Waals surface area contributed by atoms with Crippen molar-refractivity contribution in [2.75, 3.05) is 13.7 Å².